The number of nitriles is 1. The molecule has 0 aliphatic carbocycles. The summed E-state index contributed by atoms with van der Waals surface area (Å²) in [5.41, 5.74) is 3.21. The lowest BCUT2D eigenvalue weighted by Gasteiger charge is -2.11. The van der Waals surface area contributed by atoms with Crippen molar-refractivity contribution in [2.45, 2.75) is 13.8 Å². The maximum absolute atomic E-state index is 12.3. The lowest BCUT2D eigenvalue weighted by Crippen LogP contribution is -2.15. The zero-order valence-corrected chi connectivity index (χ0v) is 14.2. The fourth-order valence-electron chi connectivity index (χ4n) is 2.11. The number of nitrogens with zero attached hydrogens (tertiary/aromatic N) is 1. The van der Waals surface area contributed by atoms with Crippen LogP contribution in [0.4, 0.5) is 5.69 Å². The second kappa shape index (κ2) is 7.32. The maximum Gasteiger partial charge on any atom is 0.266 e. The Labute approximate surface area is 145 Å². The highest BCUT2D eigenvalue weighted by Gasteiger charge is 2.12. The molecule has 1 amide bonds. The molecule has 0 saturated heterocycles. The largest absolute Gasteiger partial charge is 0.321 e. The minimum atomic E-state index is -0.462. The molecule has 3 nitrogen and oxygen atoms in total. The second-order valence-electron chi connectivity index (χ2n) is 5.06. The molecule has 1 N–H and O–H groups in total. The summed E-state index contributed by atoms with van der Waals surface area (Å²) in [5, 5.41) is 12.8. The highest BCUT2D eigenvalue weighted by molar-refractivity contribution is 6.42. The molecule has 0 fully saturated rings. The van der Waals surface area contributed by atoms with Crippen molar-refractivity contribution in [2.24, 2.45) is 0 Å². The van der Waals surface area contributed by atoms with Gasteiger partial charge in [-0.2, -0.15) is 5.26 Å². The number of aryl methyl sites for hydroxylation is 2. The van der Waals surface area contributed by atoms with Gasteiger partial charge in [-0.15, -0.1) is 0 Å². The number of hydrogen-bond acceptors (Lipinski definition) is 2. The van der Waals surface area contributed by atoms with Crippen molar-refractivity contribution in [1.29, 1.82) is 5.26 Å². The van der Waals surface area contributed by atoms with E-state index in [9.17, 15) is 10.1 Å². The molecule has 116 valence electrons. The van der Waals surface area contributed by atoms with E-state index in [-0.39, 0.29) is 5.57 Å². The number of nitrogens with one attached hydrogen (secondary N) is 1. The van der Waals surface area contributed by atoms with Gasteiger partial charge in [0.1, 0.15) is 11.6 Å². The smallest absolute Gasteiger partial charge is 0.266 e. The van der Waals surface area contributed by atoms with Crippen LogP contribution >= 0.6 is 23.2 Å². The van der Waals surface area contributed by atoms with Gasteiger partial charge in [0.25, 0.3) is 5.91 Å². The van der Waals surface area contributed by atoms with Crippen molar-refractivity contribution in [3.63, 3.8) is 0 Å². The predicted octanol–water partition coefficient (Wildman–Crippen LogP) is 5.16. The zero-order valence-electron chi connectivity index (χ0n) is 12.7. The Hall–Kier alpha value is -2.28. The Bertz CT molecular complexity index is 815. The summed E-state index contributed by atoms with van der Waals surface area (Å²) < 4.78 is 0. The van der Waals surface area contributed by atoms with Crippen LogP contribution in [0.15, 0.2) is 42.0 Å². The third-order valence-corrected chi connectivity index (χ3v) is 4.08. The molecule has 0 saturated carbocycles. The summed E-state index contributed by atoms with van der Waals surface area (Å²) in [6.45, 7) is 3.80. The fourth-order valence-corrected chi connectivity index (χ4v) is 2.42. The van der Waals surface area contributed by atoms with Gasteiger partial charge in [-0.1, -0.05) is 47.5 Å². The monoisotopic (exact) mass is 344 g/mol. The van der Waals surface area contributed by atoms with E-state index in [1.807, 2.05) is 38.1 Å². The van der Waals surface area contributed by atoms with Gasteiger partial charge in [-0.05, 0) is 48.7 Å². The number of amides is 1. The van der Waals surface area contributed by atoms with E-state index in [0.717, 1.165) is 11.1 Å². The van der Waals surface area contributed by atoms with Gasteiger partial charge in [-0.3, -0.25) is 4.79 Å². The number of carbonyl (C=O) groups is 1. The molecular formula is C18H14Cl2N2O. The van der Waals surface area contributed by atoms with Gasteiger partial charge in [0.15, 0.2) is 0 Å². The van der Waals surface area contributed by atoms with Crippen LogP contribution in [-0.2, 0) is 4.79 Å². The molecule has 0 heterocycles. The van der Waals surface area contributed by atoms with Crippen LogP contribution in [0.3, 0.4) is 0 Å². The van der Waals surface area contributed by atoms with Gasteiger partial charge < -0.3 is 5.32 Å². The molecule has 0 radical (unpaired) electrons. The van der Waals surface area contributed by atoms with E-state index in [0.29, 0.717) is 21.3 Å². The summed E-state index contributed by atoms with van der Waals surface area (Å²) in [5.74, 6) is -0.462. The molecule has 5 heteroatoms. The molecule has 2 aromatic rings. The topological polar surface area (TPSA) is 52.9 Å². The minimum Gasteiger partial charge on any atom is -0.321 e. The summed E-state index contributed by atoms with van der Waals surface area (Å²) >= 11 is 11.8. The van der Waals surface area contributed by atoms with E-state index in [4.69, 9.17) is 23.2 Å². The SMILES string of the molecule is Cc1cccc(C)c1NC(=O)/C(C#N)=C/c1ccc(Cl)c(Cl)c1. The lowest BCUT2D eigenvalue weighted by molar-refractivity contribution is -0.112. The summed E-state index contributed by atoms with van der Waals surface area (Å²) in [7, 11) is 0. The van der Waals surface area contributed by atoms with E-state index in [1.165, 1.54) is 6.08 Å². The molecule has 0 aliphatic rings. The first kappa shape index (κ1) is 17.1. The van der Waals surface area contributed by atoms with Crippen molar-refractivity contribution < 1.29 is 4.79 Å². The van der Waals surface area contributed by atoms with Crippen molar-refractivity contribution in [3.8, 4) is 6.07 Å². The predicted molar refractivity (Wildman–Crippen MR) is 94.6 cm³/mol. The number of carbonyl (C=O) groups excluding carboxylic acids is 1. The van der Waals surface area contributed by atoms with Gasteiger partial charge in [0, 0.05) is 5.69 Å². The molecule has 0 aliphatic heterocycles. The van der Waals surface area contributed by atoms with Crippen molar-refractivity contribution in [2.75, 3.05) is 5.32 Å². The number of para-hydroxylation sites is 1. The number of rotatable bonds is 3. The lowest BCUT2D eigenvalue weighted by atomic mass is 10.1. The Morgan fingerprint density at radius 1 is 1.13 bits per heavy atom. The Morgan fingerprint density at radius 2 is 1.78 bits per heavy atom. The molecule has 2 rings (SSSR count). The highest BCUT2D eigenvalue weighted by Crippen LogP contribution is 2.24. The van der Waals surface area contributed by atoms with Gasteiger partial charge in [-0.25, -0.2) is 0 Å². The third-order valence-electron chi connectivity index (χ3n) is 3.34. The third kappa shape index (κ3) is 4.13. The first-order chi connectivity index (χ1) is 10.9. The Kier molecular flexibility index (Phi) is 5.44. The van der Waals surface area contributed by atoms with Crippen LogP contribution in [-0.4, -0.2) is 5.91 Å². The first-order valence-electron chi connectivity index (χ1n) is 6.87. The molecule has 23 heavy (non-hydrogen) atoms. The maximum atomic E-state index is 12.3. The minimum absolute atomic E-state index is 0.00829. The van der Waals surface area contributed by atoms with Gasteiger partial charge >= 0.3 is 0 Å². The second-order valence-corrected chi connectivity index (χ2v) is 5.88. The summed E-state index contributed by atoms with van der Waals surface area (Å²) in [6.07, 6.45) is 1.48. The average Bonchev–Trinajstić information content (AvgIpc) is 2.52. The molecule has 0 bridgehead atoms. The normalized spacial score (nSPS) is 11.0. The van der Waals surface area contributed by atoms with E-state index < -0.39 is 5.91 Å². The van der Waals surface area contributed by atoms with Crippen molar-refractivity contribution in [3.05, 3.63) is 68.7 Å². The van der Waals surface area contributed by atoms with Crippen LogP contribution < -0.4 is 5.32 Å². The molecule has 0 unspecified atom stereocenters. The van der Waals surface area contributed by atoms with E-state index in [1.54, 1.807) is 18.2 Å². The molecule has 0 aromatic heterocycles. The number of hydrogen-bond donors (Lipinski definition) is 1. The van der Waals surface area contributed by atoms with Crippen molar-refractivity contribution in [1.82, 2.24) is 0 Å². The van der Waals surface area contributed by atoms with Crippen LogP contribution in [0.25, 0.3) is 6.08 Å². The number of benzene rings is 2. The molecule has 2 aromatic carbocycles. The molecule has 0 spiro atoms. The zero-order chi connectivity index (χ0) is 17.0. The highest BCUT2D eigenvalue weighted by atomic mass is 35.5. The van der Waals surface area contributed by atoms with Crippen LogP contribution in [0.5, 0.6) is 0 Å². The van der Waals surface area contributed by atoms with E-state index >= 15 is 0 Å². The molecular weight excluding hydrogens is 331 g/mol. The quantitative estimate of drug-likeness (QED) is 0.617. The summed E-state index contributed by atoms with van der Waals surface area (Å²) in [4.78, 5) is 12.3. The average molecular weight is 345 g/mol. The fraction of sp³-hybridized carbons (Fsp3) is 0.111. The Balaban J connectivity index is 2.30. The van der Waals surface area contributed by atoms with Crippen LogP contribution in [0.2, 0.25) is 10.0 Å². The number of anilines is 1. The van der Waals surface area contributed by atoms with Crippen molar-refractivity contribution >= 4 is 40.9 Å². The van der Waals surface area contributed by atoms with Gasteiger partial charge in [0.2, 0.25) is 0 Å². The van der Waals surface area contributed by atoms with E-state index in [2.05, 4.69) is 5.32 Å². The summed E-state index contributed by atoms with van der Waals surface area (Å²) in [6, 6.07) is 12.5. The Morgan fingerprint density at radius 3 is 2.35 bits per heavy atom. The standard InChI is InChI=1S/C18H14Cl2N2O/c1-11-4-3-5-12(2)17(11)22-18(23)14(10-21)8-13-6-7-15(19)16(20)9-13/h3-9H,1-2H3,(H,22,23)/b14-8+. The number of halogens is 2. The van der Waals surface area contributed by atoms with Gasteiger partial charge in [0.05, 0.1) is 10.0 Å². The molecule has 0 atom stereocenters. The van der Waals surface area contributed by atoms with Crippen LogP contribution in [0, 0.1) is 25.2 Å². The van der Waals surface area contributed by atoms with Crippen LogP contribution in [0.1, 0.15) is 16.7 Å². The first-order valence-corrected chi connectivity index (χ1v) is 7.62.